The quantitative estimate of drug-likeness (QED) is 0.130. The molecule has 8 rings (SSSR count). The summed E-state index contributed by atoms with van der Waals surface area (Å²) in [5.74, 6) is 0. The van der Waals surface area contributed by atoms with Gasteiger partial charge in [0.25, 0.3) is 0 Å². The molecule has 0 aliphatic heterocycles. The summed E-state index contributed by atoms with van der Waals surface area (Å²) in [4.78, 5) is 4.65. The van der Waals surface area contributed by atoms with Gasteiger partial charge in [0.15, 0.2) is 0 Å². The first-order valence-electron chi connectivity index (χ1n) is 19.1. The topological polar surface area (TPSA) is 6.48 Å². The summed E-state index contributed by atoms with van der Waals surface area (Å²) in [6, 6.07) is 71.3. The normalized spacial score (nSPS) is 11.0. The highest BCUT2D eigenvalue weighted by Crippen LogP contribution is 2.37. The van der Waals surface area contributed by atoms with Gasteiger partial charge in [0.2, 0.25) is 0 Å². The Kier molecular flexibility index (Phi) is 10.3. The molecule has 0 saturated heterocycles. The predicted molar refractivity (Wildman–Crippen MR) is 240 cm³/mol. The lowest BCUT2D eigenvalue weighted by atomic mass is 10.0. The van der Waals surface area contributed by atoms with E-state index in [1.807, 2.05) is 0 Å². The van der Waals surface area contributed by atoms with Crippen molar-refractivity contribution in [3.63, 3.8) is 0 Å². The maximum atomic E-state index is 2.32. The lowest BCUT2D eigenvalue weighted by Gasteiger charge is -2.26. The van der Waals surface area contributed by atoms with Gasteiger partial charge in [-0.2, -0.15) is 0 Å². The average molecular weight is 727 g/mol. The second-order valence-corrected chi connectivity index (χ2v) is 16.7. The molecule has 0 bridgehead atoms. The SMILES string of the molecule is Cc1ccc(N(c2ccc(C)cc2)c2ccc(-c3ccc([SiH2]c4ccc(-c5ccc(N(c6ccc(C)cc6)c6ccc(C)cc6)cc5)cc4)cc3)cc2)cc1. The summed E-state index contributed by atoms with van der Waals surface area (Å²) in [6.07, 6.45) is 0. The Morgan fingerprint density at radius 1 is 0.236 bits per heavy atom. The Balaban J connectivity index is 0.949. The zero-order valence-corrected chi connectivity index (χ0v) is 33.5. The molecule has 0 atom stereocenters. The minimum absolute atomic E-state index is 0.605. The van der Waals surface area contributed by atoms with Crippen LogP contribution in [0.25, 0.3) is 22.3 Å². The molecule has 0 unspecified atom stereocenters. The van der Waals surface area contributed by atoms with Crippen LogP contribution in [0.15, 0.2) is 194 Å². The largest absolute Gasteiger partial charge is 0.311 e. The Bertz CT molecular complexity index is 2200. The number of anilines is 6. The number of benzene rings is 8. The summed E-state index contributed by atoms with van der Waals surface area (Å²) in [6.45, 7) is 8.53. The van der Waals surface area contributed by atoms with Crippen LogP contribution >= 0.6 is 0 Å². The molecule has 0 fully saturated rings. The molecule has 0 aliphatic rings. The summed E-state index contributed by atoms with van der Waals surface area (Å²) in [7, 11) is -0.605. The van der Waals surface area contributed by atoms with Crippen molar-refractivity contribution in [1.82, 2.24) is 0 Å². The van der Waals surface area contributed by atoms with Gasteiger partial charge in [-0.15, -0.1) is 0 Å². The molecule has 0 radical (unpaired) electrons. The molecule has 0 N–H and O–H groups in total. The minimum Gasteiger partial charge on any atom is -0.311 e. The molecule has 0 amide bonds. The molecule has 268 valence electrons. The van der Waals surface area contributed by atoms with Crippen LogP contribution < -0.4 is 20.2 Å². The molecular formula is C52H46N2Si. The second kappa shape index (κ2) is 15.9. The van der Waals surface area contributed by atoms with E-state index in [9.17, 15) is 0 Å². The van der Waals surface area contributed by atoms with Crippen LogP contribution in [0.5, 0.6) is 0 Å². The monoisotopic (exact) mass is 726 g/mol. The molecule has 0 aliphatic carbocycles. The van der Waals surface area contributed by atoms with Crippen LogP contribution in [-0.4, -0.2) is 9.52 Å². The van der Waals surface area contributed by atoms with Crippen molar-refractivity contribution in [1.29, 1.82) is 0 Å². The number of hydrogen-bond donors (Lipinski definition) is 0. The second-order valence-electron chi connectivity index (χ2n) is 14.7. The third-order valence-electron chi connectivity index (χ3n) is 10.4. The highest BCUT2D eigenvalue weighted by atomic mass is 28.2. The van der Waals surface area contributed by atoms with Crippen molar-refractivity contribution >= 4 is 54.0 Å². The molecule has 0 aromatic heterocycles. The van der Waals surface area contributed by atoms with E-state index in [4.69, 9.17) is 0 Å². The molecule has 0 heterocycles. The third-order valence-corrected chi connectivity index (χ3v) is 12.2. The Morgan fingerprint density at radius 2 is 0.418 bits per heavy atom. The lowest BCUT2D eigenvalue weighted by molar-refractivity contribution is 1.27. The van der Waals surface area contributed by atoms with Crippen LogP contribution in [0.1, 0.15) is 22.3 Å². The van der Waals surface area contributed by atoms with Crippen LogP contribution in [0, 0.1) is 27.7 Å². The summed E-state index contributed by atoms with van der Waals surface area (Å²) in [5, 5.41) is 2.88. The third kappa shape index (κ3) is 8.23. The van der Waals surface area contributed by atoms with Crippen molar-refractivity contribution < 1.29 is 0 Å². The summed E-state index contributed by atoms with van der Waals surface area (Å²) >= 11 is 0. The maximum Gasteiger partial charge on any atom is 0.0875 e. The molecule has 8 aromatic rings. The van der Waals surface area contributed by atoms with Gasteiger partial charge >= 0.3 is 0 Å². The zero-order chi connectivity index (χ0) is 37.7. The first kappa shape index (κ1) is 35.6. The Morgan fingerprint density at radius 3 is 0.636 bits per heavy atom. The van der Waals surface area contributed by atoms with Crippen molar-refractivity contribution in [3.05, 3.63) is 216 Å². The Hall–Kier alpha value is -6.42. The van der Waals surface area contributed by atoms with Crippen LogP contribution in [-0.2, 0) is 0 Å². The first-order valence-corrected chi connectivity index (χ1v) is 20.5. The van der Waals surface area contributed by atoms with Gasteiger partial charge in [-0.3, -0.25) is 0 Å². The van der Waals surface area contributed by atoms with Gasteiger partial charge in [0, 0.05) is 34.1 Å². The van der Waals surface area contributed by atoms with Gasteiger partial charge in [0.1, 0.15) is 0 Å². The van der Waals surface area contributed by atoms with E-state index >= 15 is 0 Å². The molecule has 55 heavy (non-hydrogen) atoms. The van der Waals surface area contributed by atoms with E-state index in [2.05, 4.69) is 232 Å². The van der Waals surface area contributed by atoms with Crippen LogP contribution in [0.2, 0.25) is 0 Å². The highest BCUT2D eigenvalue weighted by Gasteiger charge is 2.14. The maximum absolute atomic E-state index is 2.32. The van der Waals surface area contributed by atoms with E-state index in [1.54, 1.807) is 0 Å². The van der Waals surface area contributed by atoms with Gasteiger partial charge in [-0.25, -0.2) is 0 Å². The van der Waals surface area contributed by atoms with Crippen molar-refractivity contribution in [3.8, 4) is 22.3 Å². The summed E-state index contributed by atoms with van der Waals surface area (Å²) < 4.78 is 0. The molecular weight excluding hydrogens is 681 g/mol. The fourth-order valence-electron chi connectivity index (χ4n) is 7.14. The summed E-state index contributed by atoms with van der Waals surface area (Å²) in [5.41, 5.74) is 16.9. The predicted octanol–water partition coefficient (Wildman–Crippen LogP) is 12.3. The number of nitrogens with zero attached hydrogens (tertiary/aromatic N) is 2. The zero-order valence-electron chi connectivity index (χ0n) is 32.1. The van der Waals surface area contributed by atoms with Crippen LogP contribution in [0.3, 0.4) is 0 Å². The van der Waals surface area contributed by atoms with Crippen molar-refractivity contribution in [2.45, 2.75) is 27.7 Å². The molecule has 2 nitrogen and oxygen atoms in total. The van der Waals surface area contributed by atoms with E-state index in [0.29, 0.717) is 0 Å². The van der Waals surface area contributed by atoms with Crippen molar-refractivity contribution in [2.75, 3.05) is 9.80 Å². The Labute approximate surface area is 328 Å². The van der Waals surface area contributed by atoms with Gasteiger partial charge in [0.05, 0.1) is 9.52 Å². The standard InChI is InChI=1S/C52H46N2Si/c1-37-5-21-45(22-6-37)53(46-23-7-38(2)8-24-46)49-29-13-41(14-30-49)43-17-33-51(34-18-43)55-52-35-19-44(20-36-52)42-15-31-50(32-16-42)54(47-25-9-39(3)10-26-47)48-27-11-40(4)12-28-48/h5-36H,55H2,1-4H3. The van der Waals surface area contributed by atoms with E-state index in [-0.39, 0.29) is 0 Å². The van der Waals surface area contributed by atoms with Crippen molar-refractivity contribution in [2.24, 2.45) is 0 Å². The van der Waals surface area contributed by atoms with E-state index in [0.717, 1.165) is 34.1 Å². The fourth-order valence-corrected chi connectivity index (χ4v) is 8.56. The molecule has 0 saturated carbocycles. The number of aryl methyl sites for hydroxylation is 4. The molecule has 8 aromatic carbocycles. The van der Waals surface area contributed by atoms with Gasteiger partial charge in [-0.05, 0) is 123 Å². The highest BCUT2D eigenvalue weighted by molar-refractivity contribution is 6.67. The number of rotatable bonds is 10. The smallest absolute Gasteiger partial charge is 0.0875 e. The van der Waals surface area contributed by atoms with E-state index < -0.39 is 9.52 Å². The van der Waals surface area contributed by atoms with Gasteiger partial charge in [-0.1, -0.05) is 154 Å². The molecule has 3 heteroatoms. The van der Waals surface area contributed by atoms with Crippen LogP contribution in [0.4, 0.5) is 34.1 Å². The lowest BCUT2D eigenvalue weighted by Crippen LogP contribution is -2.26. The minimum atomic E-state index is -0.605. The average Bonchev–Trinajstić information content (AvgIpc) is 3.22. The van der Waals surface area contributed by atoms with Gasteiger partial charge < -0.3 is 9.80 Å². The molecule has 0 spiro atoms. The first-order chi connectivity index (χ1) is 26.9. The fraction of sp³-hybridized carbons (Fsp3) is 0.0769. The number of hydrogen-bond acceptors (Lipinski definition) is 2. The van der Waals surface area contributed by atoms with E-state index in [1.165, 1.54) is 54.9 Å².